The Morgan fingerprint density at radius 3 is 2.82 bits per heavy atom. The molecule has 0 saturated carbocycles. The fraction of sp³-hybridized carbons (Fsp3) is 0.364. The van der Waals surface area contributed by atoms with E-state index in [4.69, 9.17) is 16.3 Å². The zero-order valence-corrected chi connectivity index (χ0v) is 10.3. The maximum atomic E-state index is 11.5. The second-order valence-electron chi connectivity index (χ2n) is 3.58. The quantitative estimate of drug-likeness (QED) is 0.828. The normalized spacial score (nSPS) is 10.1. The summed E-state index contributed by atoms with van der Waals surface area (Å²) in [5.41, 5.74) is 0.162. The highest BCUT2D eigenvalue weighted by molar-refractivity contribution is 6.30. The van der Waals surface area contributed by atoms with Crippen molar-refractivity contribution in [3.05, 3.63) is 29.0 Å². The van der Waals surface area contributed by atoms with Crippen molar-refractivity contribution in [3.8, 4) is 0 Å². The Labute approximate surface area is 104 Å². The Morgan fingerprint density at radius 1 is 1.53 bits per heavy atom. The van der Waals surface area contributed by atoms with Gasteiger partial charge in [-0.15, -0.1) is 0 Å². The predicted octanol–water partition coefficient (Wildman–Crippen LogP) is 1.42. The van der Waals surface area contributed by atoms with Crippen LogP contribution in [0.15, 0.2) is 18.3 Å². The molecule has 0 aromatic carbocycles. The lowest BCUT2D eigenvalue weighted by atomic mass is 10.3. The predicted molar refractivity (Wildman–Crippen MR) is 62.8 cm³/mol. The molecular formula is C11H13ClN2O3. The van der Waals surface area contributed by atoms with Crippen LogP contribution >= 0.6 is 11.6 Å². The topological polar surface area (TPSA) is 68.3 Å². The lowest BCUT2D eigenvalue weighted by molar-refractivity contribution is -0.146. The van der Waals surface area contributed by atoms with Gasteiger partial charge in [0.25, 0.3) is 5.91 Å². The number of nitrogens with zero attached hydrogens (tertiary/aromatic N) is 1. The van der Waals surface area contributed by atoms with Crippen molar-refractivity contribution in [1.29, 1.82) is 0 Å². The van der Waals surface area contributed by atoms with Crippen LogP contribution in [0.2, 0.25) is 5.02 Å². The Hall–Kier alpha value is -1.62. The van der Waals surface area contributed by atoms with Crippen molar-refractivity contribution in [2.45, 2.75) is 20.0 Å². The molecule has 1 N–H and O–H groups in total. The number of halogens is 1. The van der Waals surface area contributed by atoms with Gasteiger partial charge in [-0.25, -0.2) is 0 Å². The molecule has 0 unspecified atom stereocenters. The van der Waals surface area contributed by atoms with E-state index in [1.807, 2.05) is 0 Å². The highest BCUT2D eigenvalue weighted by Gasteiger charge is 2.11. The minimum Gasteiger partial charge on any atom is -0.462 e. The molecule has 0 saturated heterocycles. The highest BCUT2D eigenvalue weighted by Crippen LogP contribution is 2.07. The first-order valence-corrected chi connectivity index (χ1v) is 5.46. The minimum absolute atomic E-state index is 0.162. The van der Waals surface area contributed by atoms with E-state index in [0.717, 1.165) is 0 Å². The molecule has 1 amide bonds. The first-order valence-electron chi connectivity index (χ1n) is 5.08. The summed E-state index contributed by atoms with van der Waals surface area (Å²) in [6.07, 6.45) is 1.22. The molecule has 1 aromatic heterocycles. The van der Waals surface area contributed by atoms with Gasteiger partial charge >= 0.3 is 5.97 Å². The van der Waals surface area contributed by atoms with E-state index < -0.39 is 11.9 Å². The van der Waals surface area contributed by atoms with Crippen molar-refractivity contribution in [2.75, 3.05) is 6.54 Å². The summed E-state index contributed by atoms with van der Waals surface area (Å²) in [6, 6.07) is 2.98. The van der Waals surface area contributed by atoms with Crippen LogP contribution in [-0.4, -0.2) is 29.5 Å². The van der Waals surface area contributed by atoms with Gasteiger partial charge in [0.1, 0.15) is 12.2 Å². The number of hydrogen-bond donors (Lipinski definition) is 1. The molecule has 6 heteroatoms. The van der Waals surface area contributed by atoms with Gasteiger partial charge in [-0.05, 0) is 26.0 Å². The molecule has 0 atom stereocenters. The van der Waals surface area contributed by atoms with E-state index in [9.17, 15) is 9.59 Å². The molecular weight excluding hydrogens is 244 g/mol. The van der Waals surface area contributed by atoms with E-state index in [1.54, 1.807) is 19.9 Å². The summed E-state index contributed by atoms with van der Waals surface area (Å²) < 4.78 is 4.86. The van der Waals surface area contributed by atoms with Gasteiger partial charge in [0, 0.05) is 11.2 Å². The third-order valence-electron chi connectivity index (χ3n) is 1.72. The molecule has 1 rings (SSSR count). The van der Waals surface area contributed by atoms with E-state index in [-0.39, 0.29) is 18.3 Å². The summed E-state index contributed by atoms with van der Waals surface area (Å²) in [7, 11) is 0. The van der Waals surface area contributed by atoms with Gasteiger partial charge in [0.15, 0.2) is 0 Å². The van der Waals surface area contributed by atoms with E-state index in [1.165, 1.54) is 12.3 Å². The number of amides is 1. The van der Waals surface area contributed by atoms with E-state index >= 15 is 0 Å². The first-order chi connectivity index (χ1) is 7.99. The molecule has 0 spiro atoms. The van der Waals surface area contributed by atoms with Gasteiger partial charge in [0.05, 0.1) is 6.10 Å². The Bertz CT molecular complexity index is 421. The summed E-state index contributed by atoms with van der Waals surface area (Å²) in [5.74, 6) is -0.955. The van der Waals surface area contributed by atoms with Crippen LogP contribution in [0.3, 0.4) is 0 Å². The van der Waals surface area contributed by atoms with Gasteiger partial charge in [-0.2, -0.15) is 0 Å². The number of carbonyl (C=O) groups excluding carboxylic acids is 2. The average molecular weight is 257 g/mol. The summed E-state index contributed by atoms with van der Waals surface area (Å²) in [6.45, 7) is 3.28. The summed E-state index contributed by atoms with van der Waals surface area (Å²) >= 11 is 5.71. The zero-order valence-electron chi connectivity index (χ0n) is 9.57. The molecule has 1 aromatic rings. The third kappa shape index (κ3) is 4.82. The van der Waals surface area contributed by atoms with Crippen LogP contribution in [0.25, 0.3) is 0 Å². The van der Waals surface area contributed by atoms with Crippen LogP contribution in [0.1, 0.15) is 24.3 Å². The van der Waals surface area contributed by atoms with Gasteiger partial charge in [-0.1, -0.05) is 11.6 Å². The number of rotatable bonds is 4. The monoisotopic (exact) mass is 256 g/mol. The Balaban J connectivity index is 2.48. The Morgan fingerprint density at radius 2 is 2.24 bits per heavy atom. The summed E-state index contributed by atoms with van der Waals surface area (Å²) in [4.78, 5) is 26.5. The van der Waals surface area contributed by atoms with E-state index in [2.05, 4.69) is 10.3 Å². The lowest BCUT2D eigenvalue weighted by Gasteiger charge is -2.08. The van der Waals surface area contributed by atoms with Crippen LogP contribution in [0, 0.1) is 0 Å². The molecule has 92 valence electrons. The molecule has 0 radical (unpaired) electrons. The molecule has 0 aliphatic carbocycles. The zero-order chi connectivity index (χ0) is 12.8. The smallest absolute Gasteiger partial charge is 0.325 e. The number of ether oxygens (including phenoxy) is 1. The molecule has 0 bridgehead atoms. The second-order valence-corrected chi connectivity index (χ2v) is 4.02. The van der Waals surface area contributed by atoms with Crippen molar-refractivity contribution < 1.29 is 14.3 Å². The summed E-state index contributed by atoms with van der Waals surface area (Å²) in [5, 5.41) is 2.81. The largest absolute Gasteiger partial charge is 0.462 e. The molecule has 17 heavy (non-hydrogen) atoms. The average Bonchev–Trinajstić information content (AvgIpc) is 2.25. The minimum atomic E-state index is -0.490. The number of esters is 1. The molecule has 0 aliphatic heterocycles. The van der Waals surface area contributed by atoms with Gasteiger partial charge in [0.2, 0.25) is 0 Å². The van der Waals surface area contributed by atoms with Crippen LogP contribution in [-0.2, 0) is 9.53 Å². The van der Waals surface area contributed by atoms with Crippen LogP contribution in [0.5, 0.6) is 0 Å². The molecule has 1 heterocycles. The SMILES string of the molecule is CC(C)OC(=O)CNC(=O)c1cc(Cl)ccn1. The van der Waals surface area contributed by atoms with Gasteiger partial charge < -0.3 is 10.1 Å². The van der Waals surface area contributed by atoms with E-state index in [0.29, 0.717) is 5.02 Å². The van der Waals surface area contributed by atoms with Gasteiger partial charge in [-0.3, -0.25) is 14.6 Å². The number of hydrogen-bond acceptors (Lipinski definition) is 4. The fourth-order valence-corrected chi connectivity index (χ4v) is 1.24. The van der Waals surface area contributed by atoms with Crippen molar-refractivity contribution in [2.24, 2.45) is 0 Å². The molecule has 0 fully saturated rings. The lowest BCUT2D eigenvalue weighted by Crippen LogP contribution is -2.32. The third-order valence-corrected chi connectivity index (χ3v) is 1.95. The maximum Gasteiger partial charge on any atom is 0.325 e. The number of nitrogens with one attached hydrogen (secondary N) is 1. The number of pyridine rings is 1. The van der Waals surface area contributed by atoms with Crippen LogP contribution < -0.4 is 5.32 Å². The molecule has 5 nitrogen and oxygen atoms in total. The first kappa shape index (κ1) is 13.4. The van der Waals surface area contributed by atoms with Crippen molar-refractivity contribution in [3.63, 3.8) is 0 Å². The number of carbonyl (C=O) groups is 2. The maximum absolute atomic E-state index is 11.5. The van der Waals surface area contributed by atoms with Crippen molar-refractivity contribution in [1.82, 2.24) is 10.3 Å². The Kier molecular flexibility index (Phi) is 4.90. The second kappa shape index (κ2) is 6.20. The highest BCUT2D eigenvalue weighted by atomic mass is 35.5. The van der Waals surface area contributed by atoms with Crippen molar-refractivity contribution >= 4 is 23.5 Å². The fourth-order valence-electron chi connectivity index (χ4n) is 1.08. The number of aromatic nitrogens is 1. The standard InChI is InChI=1S/C11H13ClN2O3/c1-7(2)17-10(15)6-14-11(16)9-5-8(12)3-4-13-9/h3-5,7H,6H2,1-2H3,(H,14,16). The molecule has 0 aliphatic rings. The van der Waals surface area contributed by atoms with Crippen LogP contribution in [0.4, 0.5) is 0 Å².